The highest BCUT2D eigenvalue weighted by Crippen LogP contribution is 2.23. The van der Waals surface area contributed by atoms with Gasteiger partial charge >= 0.3 is 0 Å². The molecule has 4 nitrogen and oxygen atoms in total. The second kappa shape index (κ2) is 6.94. The van der Waals surface area contributed by atoms with Gasteiger partial charge in [-0.05, 0) is 43.9 Å². The summed E-state index contributed by atoms with van der Waals surface area (Å²) in [5.41, 5.74) is 1.62. The first-order chi connectivity index (χ1) is 9.99. The van der Waals surface area contributed by atoms with Crippen molar-refractivity contribution >= 4 is 29.1 Å². The summed E-state index contributed by atoms with van der Waals surface area (Å²) in [7, 11) is 0. The lowest BCUT2D eigenvalue weighted by Gasteiger charge is -2.29. The molecule has 1 aliphatic rings. The molecule has 2 rings (SSSR count). The van der Waals surface area contributed by atoms with Crippen molar-refractivity contribution in [3.8, 4) is 0 Å². The summed E-state index contributed by atoms with van der Waals surface area (Å²) in [4.78, 5) is 27.5. The average Bonchev–Trinajstić information content (AvgIpc) is 2.48. The number of hydrogen-bond donors (Lipinski definition) is 0. The Morgan fingerprint density at radius 3 is 2.48 bits per heavy atom. The van der Waals surface area contributed by atoms with E-state index in [1.54, 1.807) is 6.07 Å². The van der Waals surface area contributed by atoms with Crippen LogP contribution in [-0.2, 0) is 9.59 Å². The van der Waals surface area contributed by atoms with E-state index in [-0.39, 0.29) is 18.4 Å². The fourth-order valence-electron chi connectivity index (χ4n) is 2.51. The number of halogens is 1. The van der Waals surface area contributed by atoms with Gasteiger partial charge < -0.3 is 9.80 Å². The molecule has 114 valence electrons. The molecule has 1 aromatic carbocycles. The van der Waals surface area contributed by atoms with Gasteiger partial charge in [0.25, 0.3) is 0 Å². The van der Waals surface area contributed by atoms with Crippen LogP contribution in [-0.4, -0.2) is 36.3 Å². The van der Waals surface area contributed by atoms with E-state index >= 15 is 0 Å². The Kier molecular flexibility index (Phi) is 5.23. The maximum Gasteiger partial charge on any atom is 0.242 e. The molecule has 0 spiro atoms. The molecule has 1 saturated heterocycles. The fourth-order valence-corrected chi connectivity index (χ4v) is 2.69. The molecule has 0 aromatic heterocycles. The molecule has 2 amide bonds. The summed E-state index contributed by atoms with van der Waals surface area (Å²) >= 11 is 6.11. The molecule has 0 unspecified atom stereocenters. The van der Waals surface area contributed by atoms with Crippen molar-refractivity contribution in [1.82, 2.24) is 4.90 Å². The van der Waals surface area contributed by atoms with E-state index in [4.69, 9.17) is 11.6 Å². The largest absolute Gasteiger partial charge is 0.341 e. The third-order valence-electron chi connectivity index (χ3n) is 3.85. The molecule has 0 N–H and O–H groups in total. The first-order valence-electron chi connectivity index (χ1n) is 7.31. The summed E-state index contributed by atoms with van der Waals surface area (Å²) in [5, 5.41) is 0.601. The normalized spacial score (nSPS) is 14.9. The van der Waals surface area contributed by atoms with Gasteiger partial charge in [-0.15, -0.1) is 0 Å². The highest BCUT2D eigenvalue weighted by atomic mass is 35.5. The van der Waals surface area contributed by atoms with Gasteiger partial charge in [-0.2, -0.15) is 0 Å². The summed E-state index contributed by atoms with van der Waals surface area (Å²) < 4.78 is 0. The van der Waals surface area contributed by atoms with Crippen LogP contribution < -0.4 is 4.90 Å². The molecule has 0 atom stereocenters. The number of hydrogen-bond acceptors (Lipinski definition) is 2. The molecular weight excluding hydrogens is 288 g/mol. The quantitative estimate of drug-likeness (QED) is 0.861. The van der Waals surface area contributed by atoms with Gasteiger partial charge in [0.2, 0.25) is 11.8 Å². The molecule has 1 fully saturated rings. The molecule has 1 heterocycles. The SMILES string of the molecule is CC(=O)N(CC(=O)N1CCCCC1)c1ccc(C)c(Cl)c1. The number of carbonyl (C=O) groups excluding carboxylic acids is 2. The third kappa shape index (κ3) is 3.97. The van der Waals surface area contributed by atoms with Gasteiger partial charge in [-0.1, -0.05) is 17.7 Å². The van der Waals surface area contributed by atoms with E-state index in [2.05, 4.69) is 0 Å². The zero-order chi connectivity index (χ0) is 15.4. The number of benzene rings is 1. The Labute approximate surface area is 130 Å². The first-order valence-corrected chi connectivity index (χ1v) is 7.69. The lowest BCUT2D eigenvalue weighted by atomic mass is 10.1. The zero-order valence-electron chi connectivity index (χ0n) is 12.6. The van der Waals surface area contributed by atoms with E-state index in [1.807, 2.05) is 24.0 Å². The van der Waals surface area contributed by atoms with Gasteiger partial charge in [0.05, 0.1) is 0 Å². The van der Waals surface area contributed by atoms with Gasteiger partial charge in [0.15, 0.2) is 0 Å². The van der Waals surface area contributed by atoms with Gasteiger partial charge in [0.1, 0.15) is 6.54 Å². The van der Waals surface area contributed by atoms with E-state index in [1.165, 1.54) is 18.2 Å². The van der Waals surface area contributed by atoms with Gasteiger partial charge in [0, 0.05) is 30.7 Å². The van der Waals surface area contributed by atoms with E-state index in [9.17, 15) is 9.59 Å². The van der Waals surface area contributed by atoms with Crippen LogP contribution >= 0.6 is 11.6 Å². The maximum absolute atomic E-state index is 12.3. The van der Waals surface area contributed by atoms with Crippen molar-refractivity contribution in [2.24, 2.45) is 0 Å². The Hall–Kier alpha value is -1.55. The van der Waals surface area contributed by atoms with Crippen molar-refractivity contribution in [3.63, 3.8) is 0 Å². The minimum atomic E-state index is -0.153. The van der Waals surface area contributed by atoms with Crippen molar-refractivity contribution in [1.29, 1.82) is 0 Å². The lowest BCUT2D eigenvalue weighted by molar-refractivity contribution is -0.132. The lowest BCUT2D eigenvalue weighted by Crippen LogP contribution is -2.44. The van der Waals surface area contributed by atoms with Crippen LogP contribution in [0.5, 0.6) is 0 Å². The van der Waals surface area contributed by atoms with Crippen molar-refractivity contribution < 1.29 is 9.59 Å². The summed E-state index contributed by atoms with van der Waals surface area (Å²) in [6.07, 6.45) is 3.26. The predicted molar refractivity (Wildman–Crippen MR) is 84.6 cm³/mol. The Morgan fingerprint density at radius 2 is 1.90 bits per heavy atom. The average molecular weight is 309 g/mol. The number of rotatable bonds is 3. The van der Waals surface area contributed by atoms with Crippen LogP contribution in [0, 0.1) is 6.92 Å². The molecule has 0 radical (unpaired) electrons. The molecule has 1 aromatic rings. The van der Waals surface area contributed by atoms with Crippen LogP contribution in [0.1, 0.15) is 31.7 Å². The second-order valence-electron chi connectivity index (χ2n) is 5.48. The van der Waals surface area contributed by atoms with E-state index in [0.29, 0.717) is 10.7 Å². The van der Waals surface area contributed by atoms with E-state index < -0.39 is 0 Å². The van der Waals surface area contributed by atoms with Crippen LogP contribution in [0.3, 0.4) is 0 Å². The van der Waals surface area contributed by atoms with Crippen LogP contribution in [0.2, 0.25) is 5.02 Å². The number of likely N-dealkylation sites (tertiary alicyclic amines) is 1. The number of carbonyl (C=O) groups is 2. The number of amides is 2. The molecule has 5 heteroatoms. The number of piperidine rings is 1. The van der Waals surface area contributed by atoms with E-state index in [0.717, 1.165) is 31.5 Å². The van der Waals surface area contributed by atoms with Gasteiger partial charge in [-0.3, -0.25) is 9.59 Å². The van der Waals surface area contributed by atoms with Crippen molar-refractivity contribution in [3.05, 3.63) is 28.8 Å². The third-order valence-corrected chi connectivity index (χ3v) is 4.26. The maximum atomic E-state index is 12.3. The molecular formula is C16H21ClN2O2. The van der Waals surface area contributed by atoms with Crippen LogP contribution in [0.4, 0.5) is 5.69 Å². The second-order valence-corrected chi connectivity index (χ2v) is 5.89. The minimum absolute atomic E-state index is 0.00148. The molecule has 0 aliphatic carbocycles. The molecule has 21 heavy (non-hydrogen) atoms. The molecule has 1 aliphatic heterocycles. The highest BCUT2D eigenvalue weighted by molar-refractivity contribution is 6.31. The summed E-state index contributed by atoms with van der Waals surface area (Å²) in [6, 6.07) is 5.42. The van der Waals surface area contributed by atoms with Gasteiger partial charge in [-0.25, -0.2) is 0 Å². The highest BCUT2D eigenvalue weighted by Gasteiger charge is 2.22. The Balaban J connectivity index is 2.13. The number of anilines is 1. The Morgan fingerprint density at radius 1 is 1.24 bits per heavy atom. The van der Waals surface area contributed by atoms with Crippen LogP contribution in [0.15, 0.2) is 18.2 Å². The van der Waals surface area contributed by atoms with Crippen molar-refractivity contribution in [2.75, 3.05) is 24.5 Å². The standard InChI is InChI=1S/C16H21ClN2O2/c1-12-6-7-14(10-15(12)17)19(13(2)20)11-16(21)18-8-4-3-5-9-18/h6-7,10H,3-5,8-9,11H2,1-2H3. The predicted octanol–water partition coefficient (Wildman–Crippen LogP) is 3.01. The molecule has 0 saturated carbocycles. The summed E-state index contributed by atoms with van der Waals surface area (Å²) in [5.74, 6) is -0.151. The number of nitrogens with zero attached hydrogens (tertiary/aromatic N) is 2. The summed E-state index contributed by atoms with van der Waals surface area (Å²) in [6.45, 7) is 5.04. The smallest absolute Gasteiger partial charge is 0.242 e. The zero-order valence-corrected chi connectivity index (χ0v) is 13.3. The molecule has 0 bridgehead atoms. The van der Waals surface area contributed by atoms with Crippen LogP contribution in [0.25, 0.3) is 0 Å². The minimum Gasteiger partial charge on any atom is -0.341 e. The monoisotopic (exact) mass is 308 g/mol. The fraction of sp³-hybridized carbons (Fsp3) is 0.500. The number of aryl methyl sites for hydroxylation is 1. The first kappa shape index (κ1) is 15.8. The Bertz CT molecular complexity index is 539. The topological polar surface area (TPSA) is 40.6 Å². The van der Waals surface area contributed by atoms with Crippen molar-refractivity contribution in [2.45, 2.75) is 33.1 Å².